The molecule has 1 atom stereocenters. The highest BCUT2D eigenvalue weighted by molar-refractivity contribution is 6.44. The molecule has 1 aromatic rings. The number of ether oxygens (including phenoxy) is 2. The third-order valence-corrected chi connectivity index (χ3v) is 5.06. The predicted molar refractivity (Wildman–Crippen MR) is 97.3 cm³/mol. The molecule has 8 nitrogen and oxygen atoms in total. The van der Waals surface area contributed by atoms with Gasteiger partial charge < -0.3 is 9.47 Å². The maximum Gasteiger partial charge on any atom is 0.335 e. The van der Waals surface area contributed by atoms with Crippen LogP contribution in [0.5, 0.6) is 11.5 Å². The van der Waals surface area contributed by atoms with Gasteiger partial charge in [-0.2, -0.15) is 0 Å². The lowest BCUT2D eigenvalue weighted by Gasteiger charge is -2.29. The smallest absolute Gasteiger partial charge is 0.335 e. The normalized spacial score (nSPS) is 20.7. The summed E-state index contributed by atoms with van der Waals surface area (Å²) in [6.07, 6.45) is 2.41. The molecule has 1 aromatic carbocycles. The van der Waals surface area contributed by atoms with Crippen LogP contribution in [0.25, 0.3) is 0 Å². The molecule has 4 amide bonds. The number of hydrogen-bond acceptors (Lipinski definition) is 6. The first-order valence-corrected chi connectivity index (χ1v) is 9.15. The SMILES string of the molecule is CCCN1C(=O)C(=O)N(CN2CCC[C@@H]2c2cc(OC)ccc2OC)C1=O. The number of nitrogens with zero attached hydrogens (tertiary/aromatic N) is 3. The fourth-order valence-corrected chi connectivity index (χ4v) is 3.72. The van der Waals surface area contributed by atoms with Crippen LogP contribution in [0.15, 0.2) is 18.2 Å². The quantitative estimate of drug-likeness (QED) is 0.536. The molecule has 2 aliphatic rings. The zero-order valence-electron chi connectivity index (χ0n) is 15.9. The molecule has 2 heterocycles. The van der Waals surface area contributed by atoms with Crippen LogP contribution in [-0.2, 0) is 9.59 Å². The van der Waals surface area contributed by atoms with Crippen molar-refractivity contribution in [3.8, 4) is 11.5 Å². The molecule has 0 unspecified atom stereocenters. The van der Waals surface area contributed by atoms with E-state index < -0.39 is 17.8 Å². The van der Waals surface area contributed by atoms with E-state index in [1.807, 2.05) is 30.0 Å². The molecular weight excluding hydrogens is 350 g/mol. The number of urea groups is 1. The van der Waals surface area contributed by atoms with Gasteiger partial charge in [-0.05, 0) is 37.5 Å². The van der Waals surface area contributed by atoms with E-state index in [4.69, 9.17) is 9.47 Å². The van der Waals surface area contributed by atoms with Crippen molar-refractivity contribution in [2.45, 2.75) is 32.2 Å². The van der Waals surface area contributed by atoms with Crippen LogP contribution >= 0.6 is 0 Å². The lowest BCUT2D eigenvalue weighted by molar-refractivity contribution is -0.144. The molecule has 0 bridgehead atoms. The monoisotopic (exact) mass is 375 g/mol. The average molecular weight is 375 g/mol. The van der Waals surface area contributed by atoms with Crippen molar-refractivity contribution in [1.82, 2.24) is 14.7 Å². The Balaban J connectivity index is 1.83. The lowest BCUT2D eigenvalue weighted by Crippen LogP contribution is -2.42. The van der Waals surface area contributed by atoms with Crippen LogP contribution in [0, 0.1) is 0 Å². The van der Waals surface area contributed by atoms with Crippen LogP contribution in [0.1, 0.15) is 37.8 Å². The summed E-state index contributed by atoms with van der Waals surface area (Å²) in [5.41, 5.74) is 0.949. The number of methoxy groups -OCH3 is 2. The highest BCUT2D eigenvalue weighted by Gasteiger charge is 2.45. The van der Waals surface area contributed by atoms with Gasteiger partial charge in [-0.25, -0.2) is 9.69 Å². The van der Waals surface area contributed by atoms with Crippen molar-refractivity contribution >= 4 is 17.8 Å². The zero-order chi connectivity index (χ0) is 19.6. The number of carbonyl (C=O) groups excluding carboxylic acids is 3. The lowest BCUT2D eigenvalue weighted by atomic mass is 10.0. The minimum absolute atomic E-state index is 0.0222. The van der Waals surface area contributed by atoms with E-state index in [0.29, 0.717) is 6.42 Å². The van der Waals surface area contributed by atoms with Crippen LogP contribution in [0.2, 0.25) is 0 Å². The second-order valence-corrected chi connectivity index (χ2v) is 6.69. The van der Waals surface area contributed by atoms with Crippen molar-refractivity contribution < 1.29 is 23.9 Å². The molecular formula is C19H25N3O5. The second kappa shape index (κ2) is 7.96. The second-order valence-electron chi connectivity index (χ2n) is 6.69. The van der Waals surface area contributed by atoms with Crippen molar-refractivity contribution in [1.29, 1.82) is 0 Å². The standard InChI is InChI=1S/C19H25N3O5/c1-4-9-21-17(23)18(24)22(19(21)25)12-20-10-5-6-15(20)14-11-13(26-2)7-8-16(14)27-3/h7-8,11,15H,4-6,9-10,12H2,1-3H3/t15-/m1/s1. The van der Waals surface area contributed by atoms with Crippen LogP contribution in [0.3, 0.4) is 0 Å². The minimum atomic E-state index is -0.753. The molecule has 8 heteroatoms. The first-order valence-electron chi connectivity index (χ1n) is 9.15. The Hall–Kier alpha value is -2.61. The van der Waals surface area contributed by atoms with Crippen LogP contribution in [0.4, 0.5) is 4.79 Å². The maximum absolute atomic E-state index is 12.5. The Morgan fingerprint density at radius 2 is 1.81 bits per heavy atom. The van der Waals surface area contributed by atoms with Crippen molar-refractivity contribution in [3.63, 3.8) is 0 Å². The summed E-state index contributed by atoms with van der Waals surface area (Å²) in [6, 6.07) is 5.05. The molecule has 2 saturated heterocycles. The van der Waals surface area contributed by atoms with Gasteiger partial charge in [0.1, 0.15) is 11.5 Å². The van der Waals surface area contributed by atoms with Gasteiger partial charge in [-0.15, -0.1) is 0 Å². The highest BCUT2D eigenvalue weighted by atomic mass is 16.5. The molecule has 0 aromatic heterocycles. The van der Waals surface area contributed by atoms with E-state index in [1.165, 1.54) is 0 Å². The summed E-state index contributed by atoms with van der Waals surface area (Å²) in [4.78, 5) is 41.0. The predicted octanol–water partition coefficient (Wildman–Crippen LogP) is 2.00. The Labute approximate surface area is 158 Å². The summed E-state index contributed by atoms with van der Waals surface area (Å²) < 4.78 is 10.8. The largest absolute Gasteiger partial charge is 0.497 e. The summed E-state index contributed by atoms with van der Waals surface area (Å²) in [5.74, 6) is -0.0426. The van der Waals surface area contributed by atoms with E-state index in [0.717, 1.165) is 46.2 Å². The number of benzene rings is 1. The number of imide groups is 2. The Morgan fingerprint density at radius 3 is 2.48 bits per heavy atom. The number of likely N-dealkylation sites (tertiary alicyclic amines) is 1. The molecule has 2 aliphatic heterocycles. The number of amides is 4. The van der Waals surface area contributed by atoms with Gasteiger partial charge in [0.05, 0.1) is 20.9 Å². The topological polar surface area (TPSA) is 79.4 Å². The van der Waals surface area contributed by atoms with E-state index >= 15 is 0 Å². The molecule has 27 heavy (non-hydrogen) atoms. The van der Waals surface area contributed by atoms with E-state index in [9.17, 15) is 14.4 Å². The summed E-state index contributed by atoms with van der Waals surface area (Å²) in [7, 11) is 3.22. The Bertz CT molecular complexity index is 751. The Morgan fingerprint density at radius 1 is 1.07 bits per heavy atom. The first-order chi connectivity index (χ1) is 13.0. The van der Waals surface area contributed by atoms with Gasteiger partial charge in [-0.1, -0.05) is 6.92 Å². The Kier molecular flexibility index (Phi) is 5.65. The van der Waals surface area contributed by atoms with E-state index in [1.54, 1.807) is 14.2 Å². The summed E-state index contributed by atoms with van der Waals surface area (Å²) >= 11 is 0. The molecule has 0 spiro atoms. The van der Waals surface area contributed by atoms with Gasteiger partial charge in [0.25, 0.3) is 0 Å². The number of hydrogen-bond donors (Lipinski definition) is 0. The first kappa shape index (κ1) is 19.2. The molecule has 0 radical (unpaired) electrons. The minimum Gasteiger partial charge on any atom is -0.497 e. The molecule has 0 N–H and O–H groups in total. The fourth-order valence-electron chi connectivity index (χ4n) is 3.72. The maximum atomic E-state index is 12.5. The van der Waals surface area contributed by atoms with Crippen molar-refractivity contribution in [3.05, 3.63) is 23.8 Å². The molecule has 0 saturated carbocycles. The number of rotatable bonds is 7. The van der Waals surface area contributed by atoms with Gasteiger partial charge >= 0.3 is 17.8 Å². The van der Waals surface area contributed by atoms with Gasteiger partial charge in [0.15, 0.2) is 0 Å². The number of carbonyl (C=O) groups is 3. The average Bonchev–Trinajstić information content (AvgIpc) is 3.22. The summed E-state index contributed by atoms with van der Waals surface area (Å²) in [6.45, 7) is 2.94. The van der Waals surface area contributed by atoms with Gasteiger partial charge in [0, 0.05) is 24.7 Å². The van der Waals surface area contributed by atoms with Crippen molar-refractivity contribution in [2.24, 2.45) is 0 Å². The van der Waals surface area contributed by atoms with Gasteiger partial charge in [-0.3, -0.25) is 19.4 Å². The third kappa shape index (κ3) is 3.49. The molecule has 3 rings (SSSR count). The molecule has 0 aliphatic carbocycles. The fraction of sp³-hybridized carbons (Fsp3) is 0.526. The van der Waals surface area contributed by atoms with E-state index in [-0.39, 0.29) is 19.3 Å². The van der Waals surface area contributed by atoms with E-state index in [2.05, 4.69) is 0 Å². The van der Waals surface area contributed by atoms with Crippen molar-refractivity contribution in [2.75, 3.05) is 34.0 Å². The van der Waals surface area contributed by atoms with Crippen LogP contribution < -0.4 is 9.47 Å². The zero-order valence-corrected chi connectivity index (χ0v) is 15.9. The molecule has 146 valence electrons. The van der Waals surface area contributed by atoms with Crippen LogP contribution in [-0.4, -0.2) is 66.5 Å². The third-order valence-electron chi connectivity index (χ3n) is 5.06. The summed E-state index contributed by atoms with van der Waals surface area (Å²) in [5, 5.41) is 0. The van der Waals surface area contributed by atoms with Gasteiger partial charge in [0.2, 0.25) is 0 Å². The highest BCUT2D eigenvalue weighted by Crippen LogP contribution is 2.39. The molecule has 2 fully saturated rings.